The van der Waals surface area contributed by atoms with Gasteiger partial charge in [-0.05, 0) is 62.8 Å². The number of hydrogen-bond acceptors (Lipinski definition) is 3. The Bertz CT molecular complexity index is 919. The van der Waals surface area contributed by atoms with Crippen molar-refractivity contribution < 1.29 is 22.7 Å². The first kappa shape index (κ1) is 22.2. The third kappa shape index (κ3) is 5.25. The van der Waals surface area contributed by atoms with E-state index >= 15 is 0 Å². The molecule has 0 N–H and O–H groups in total. The van der Waals surface area contributed by atoms with Crippen LogP contribution in [-0.2, 0) is 18.1 Å². The lowest BCUT2D eigenvalue weighted by atomic mass is 10.1. The van der Waals surface area contributed by atoms with Gasteiger partial charge in [-0.15, -0.1) is 0 Å². The molecular formula is C20H25F3N2O2S. The molecule has 0 unspecified atom stereocenters. The van der Waals surface area contributed by atoms with E-state index in [4.69, 9.17) is 4.74 Å². The van der Waals surface area contributed by atoms with Gasteiger partial charge in [-0.25, -0.2) is 0 Å². The Kier molecular flexibility index (Phi) is 6.43. The number of alkyl halides is 3. The van der Waals surface area contributed by atoms with Crippen LogP contribution >= 0.6 is 11.5 Å². The quantitative estimate of drug-likeness (QED) is 0.684. The summed E-state index contributed by atoms with van der Waals surface area (Å²) in [6, 6.07) is 2.82. The van der Waals surface area contributed by atoms with E-state index in [1.807, 2.05) is 30.9 Å². The Labute approximate surface area is 166 Å². The van der Waals surface area contributed by atoms with Crippen molar-refractivity contribution >= 4 is 17.4 Å². The fourth-order valence-corrected chi connectivity index (χ4v) is 3.60. The molecule has 0 aliphatic rings. The summed E-state index contributed by atoms with van der Waals surface area (Å²) in [5.74, 6) is -0.349. The summed E-state index contributed by atoms with van der Waals surface area (Å²) in [7, 11) is 1.31. The summed E-state index contributed by atoms with van der Waals surface area (Å²) < 4.78 is 46.7. The molecule has 2 rings (SSSR count). The van der Waals surface area contributed by atoms with E-state index in [1.165, 1.54) is 18.6 Å². The van der Waals surface area contributed by atoms with Gasteiger partial charge in [0, 0.05) is 17.3 Å². The number of hydrogen-bond donors (Lipinski definition) is 0. The van der Waals surface area contributed by atoms with Crippen LogP contribution in [0.25, 0.3) is 0 Å². The maximum Gasteiger partial charge on any atom is 0.416 e. The molecule has 0 fully saturated rings. The van der Waals surface area contributed by atoms with Gasteiger partial charge in [0.1, 0.15) is 10.4 Å². The first-order chi connectivity index (χ1) is 12.8. The highest BCUT2D eigenvalue weighted by molar-refractivity contribution is 7.04. The molecule has 0 aliphatic heterocycles. The molecule has 28 heavy (non-hydrogen) atoms. The van der Waals surface area contributed by atoms with Crippen molar-refractivity contribution in [3.05, 3.63) is 45.8 Å². The minimum atomic E-state index is -4.55. The molecule has 0 bridgehead atoms. The molecule has 1 amide bonds. The van der Waals surface area contributed by atoms with Gasteiger partial charge in [0.25, 0.3) is 5.91 Å². The van der Waals surface area contributed by atoms with Gasteiger partial charge < -0.3 is 4.74 Å². The zero-order valence-electron chi connectivity index (χ0n) is 16.8. The van der Waals surface area contributed by atoms with E-state index in [2.05, 4.69) is 18.8 Å². The molecule has 0 spiro atoms. The van der Waals surface area contributed by atoms with Crippen LogP contribution in [0.4, 0.5) is 13.2 Å². The number of rotatable bonds is 4. The first-order valence-corrected chi connectivity index (χ1v) is 9.67. The molecule has 0 aliphatic carbocycles. The summed E-state index contributed by atoms with van der Waals surface area (Å²) in [6.45, 7) is 10.2. The van der Waals surface area contributed by atoms with Gasteiger partial charge in [-0.2, -0.15) is 18.2 Å². The maximum absolute atomic E-state index is 13.1. The molecule has 1 heterocycles. The molecule has 154 valence electrons. The summed E-state index contributed by atoms with van der Waals surface area (Å²) >= 11 is 1.32. The number of aromatic nitrogens is 1. The predicted molar refractivity (Wildman–Crippen MR) is 104 cm³/mol. The van der Waals surface area contributed by atoms with Crippen molar-refractivity contribution in [2.45, 2.75) is 52.8 Å². The number of amides is 1. The van der Waals surface area contributed by atoms with Gasteiger partial charge in [0.2, 0.25) is 0 Å². The van der Waals surface area contributed by atoms with Gasteiger partial charge in [-0.3, -0.25) is 8.75 Å². The maximum atomic E-state index is 13.1. The van der Waals surface area contributed by atoms with Crippen LogP contribution < -0.4 is 9.41 Å². The Morgan fingerprint density at radius 3 is 2.39 bits per heavy atom. The molecule has 0 saturated carbocycles. The third-order valence-corrected chi connectivity index (χ3v) is 5.36. The van der Waals surface area contributed by atoms with Crippen LogP contribution in [0.3, 0.4) is 0 Å². The second kappa shape index (κ2) is 8.11. The van der Waals surface area contributed by atoms with Crippen molar-refractivity contribution in [1.29, 1.82) is 0 Å². The van der Waals surface area contributed by atoms with Crippen LogP contribution in [-0.4, -0.2) is 17.0 Å². The van der Waals surface area contributed by atoms with Gasteiger partial charge in [0.15, 0.2) is 0 Å². The number of halogens is 3. The minimum Gasteiger partial charge on any atom is -0.496 e. The average molecular weight is 414 g/mol. The van der Waals surface area contributed by atoms with Crippen molar-refractivity contribution in [1.82, 2.24) is 3.96 Å². The van der Waals surface area contributed by atoms with Gasteiger partial charge >= 0.3 is 6.18 Å². The summed E-state index contributed by atoms with van der Waals surface area (Å²) in [5, 5.41) is 0. The Morgan fingerprint density at radius 2 is 1.89 bits per heavy atom. The number of methoxy groups -OCH3 is 1. The molecule has 1 aromatic carbocycles. The first-order valence-electron chi connectivity index (χ1n) is 8.89. The normalized spacial score (nSPS) is 13.3. The topological polar surface area (TPSA) is 43.6 Å². The summed E-state index contributed by atoms with van der Waals surface area (Å²) in [6.07, 6.45) is -1.88. The van der Waals surface area contributed by atoms with Crippen LogP contribution in [0.1, 0.15) is 56.1 Å². The number of carbonyl (C=O) groups excluding carboxylic acids is 1. The fourth-order valence-electron chi connectivity index (χ4n) is 2.58. The predicted octanol–water partition coefficient (Wildman–Crippen LogP) is 5.27. The molecular weight excluding hydrogens is 389 g/mol. The zero-order chi connectivity index (χ0) is 21.3. The van der Waals surface area contributed by atoms with E-state index in [-0.39, 0.29) is 16.9 Å². The smallest absolute Gasteiger partial charge is 0.416 e. The van der Waals surface area contributed by atoms with E-state index in [0.717, 1.165) is 23.8 Å². The van der Waals surface area contributed by atoms with Crippen molar-refractivity contribution in [3.8, 4) is 5.75 Å². The van der Waals surface area contributed by atoms with Crippen LogP contribution in [0.2, 0.25) is 0 Å². The molecule has 8 heteroatoms. The standard InChI is InChI=1S/C20H25F3N2O2S/c1-12(2)9-13-11-25(19(3,4)5)28-18(13)24-17(26)15-10-14(20(21,22)23)7-8-16(15)27-6/h7-8,10-12H,9H2,1-6H3. The van der Waals surface area contributed by atoms with Crippen LogP contribution in [0.15, 0.2) is 29.4 Å². The summed E-state index contributed by atoms with van der Waals surface area (Å²) in [4.78, 5) is 16.9. The zero-order valence-corrected chi connectivity index (χ0v) is 17.7. The molecule has 0 saturated heterocycles. The molecule has 4 nitrogen and oxygen atoms in total. The minimum absolute atomic E-state index is 0.0624. The monoisotopic (exact) mass is 414 g/mol. The van der Waals surface area contributed by atoms with E-state index < -0.39 is 17.6 Å². The molecule has 0 atom stereocenters. The highest BCUT2D eigenvalue weighted by atomic mass is 32.1. The SMILES string of the molecule is COc1ccc(C(F)(F)F)cc1C(=O)N=c1sn(C(C)(C)C)cc1CC(C)C. The largest absolute Gasteiger partial charge is 0.496 e. The van der Waals surface area contributed by atoms with E-state index in [0.29, 0.717) is 17.0 Å². The number of nitrogens with zero attached hydrogens (tertiary/aromatic N) is 2. The number of ether oxygens (including phenoxy) is 1. The Hall–Kier alpha value is -2.09. The van der Waals surface area contributed by atoms with Crippen molar-refractivity contribution in [3.63, 3.8) is 0 Å². The van der Waals surface area contributed by atoms with Crippen LogP contribution in [0.5, 0.6) is 5.75 Å². The van der Waals surface area contributed by atoms with Crippen molar-refractivity contribution in [2.24, 2.45) is 10.9 Å². The second-order valence-electron chi connectivity index (χ2n) is 7.98. The van der Waals surface area contributed by atoms with E-state index in [9.17, 15) is 18.0 Å². The lowest BCUT2D eigenvalue weighted by molar-refractivity contribution is -0.137. The van der Waals surface area contributed by atoms with Gasteiger partial charge in [-0.1, -0.05) is 13.8 Å². The van der Waals surface area contributed by atoms with Crippen LogP contribution in [0, 0.1) is 5.92 Å². The lowest BCUT2D eigenvalue weighted by Crippen LogP contribution is -2.18. The Balaban J connectivity index is 2.59. The second-order valence-corrected chi connectivity index (χ2v) is 8.94. The van der Waals surface area contributed by atoms with Crippen molar-refractivity contribution in [2.75, 3.05) is 7.11 Å². The average Bonchev–Trinajstić information content (AvgIpc) is 2.95. The van der Waals surface area contributed by atoms with Gasteiger partial charge in [0.05, 0.1) is 18.2 Å². The third-order valence-electron chi connectivity index (χ3n) is 3.98. The number of carbonyl (C=O) groups is 1. The molecule has 0 radical (unpaired) electrons. The Morgan fingerprint density at radius 1 is 1.25 bits per heavy atom. The lowest BCUT2D eigenvalue weighted by Gasteiger charge is -2.19. The summed E-state index contributed by atoms with van der Waals surface area (Å²) in [5.41, 5.74) is -0.413. The molecule has 1 aromatic heterocycles. The van der Waals surface area contributed by atoms with E-state index in [1.54, 1.807) is 0 Å². The highest BCUT2D eigenvalue weighted by Crippen LogP contribution is 2.32. The number of benzene rings is 1. The fraction of sp³-hybridized carbons (Fsp3) is 0.500. The molecule has 2 aromatic rings. The highest BCUT2D eigenvalue weighted by Gasteiger charge is 2.32.